The standard InChI is InChI=1S/C15H16N2O3/c18-10-4-9-16-14(19)15(20)17-13-8-3-6-11-5-1-2-7-12(11)13/h1-3,5-8,18H,4,9-10H2,(H,16,19)(H,17,20). The number of fused-ring (bicyclic) bond motifs is 1. The van der Waals surface area contributed by atoms with Crippen LogP contribution in [0.25, 0.3) is 10.8 Å². The summed E-state index contributed by atoms with van der Waals surface area (Å²) in [4.78, 5) is 23.3. The minimum atomic E-state index is -0.709. The van der Waals surface area contributed by atoms with E-state index < -0.39 is 11.8 Å². The summed E-state index contributed by atoms with van der Waals surface area (Å²) in [5.74, 6) is -1.41. The fourth-order valence-corrected chi connectivity index (χ4v) is 1.87. The van der Waals surface area contributed by atoms with Crippen LogP contribution in [0.1, 0.15) is 6.42 Å². The first-order valence-electron chi connectivity index (χ1n) is 6.40. The number of carbonyl (C=O) groups excluding carboxylic acids is 2. The van der Waals surface area contributed by atoms with Crippen molar-refractivity contribution in [2.45, 2.75) is 6.42 Å². The van der Waals surface area contributed by atoms with Crippen LogP contribution in [-0.2, 0) is 9.59 Å². The molecule has 0 aromatic heterocycles. The third-order valence-electron chi connectivity index (χ3n) is 2.86. The average Bonchev–Trinajstić information content (AvgIpc) is 2.47. The largest absolute Gasteiger partial charge is 0.396 e. The molecule has 5 nitrogen and oxygen atoms in total. The summed E-state index contributed by atoms with van der Waals surface area (Å²) in [5.41, 5.74) is 0.602. The van der Waals surface area contributed by atoms with Crippen LogP contribution in [0.15, 0.2) is 42.5 Å². The molecule has 0 bridgehead atoms. The van der Waals surface area contributed by atoms with Crippen LogP contribution in [0.3, 0.4) is 0 Å². The van der Waals surface area contributed by atoms with E-state index in [0.717, 1.165) is 10.8 Å². The molecule has 0 aliphatic rings. The highest BCUT2D eigenvalue weighted by Gasteiger charge is 2.13. The zero-order valence-electron chi connectivity index (χ0n) is 10.9. The van der Waals surface area contributed by atoms with E-state index in [-0.39, 0.29) is 13.2 Å². The van der Waals surface area contributed by atoms with Crippen LogP contribution < -0.4 is 10.6 Å². The second kappa shape index (κ2) is 6.68. The van der Waals surface area contributed by atoms with Gasteiger partial charge in [-0.3, -0.25) is 9.59 Å². The molecule has 3 N–H and O–H groups in total. The van der Waals surface area contributed by atoms with Crippen molar-refractivity contribution in [1.82, 2.24) is 5.32 Å². The van der Waals surface area contributed by atoms with Crippen molar-refractivity contribution in [2.75, 3.05) is 18.5 Å². The number of carbonyl (C=O) groups is 2. The molecular weight excluding hydrogens is 256 g/mol. The van der Waals surface area contributed by atoms with Gasteiger partial charge in [-0.05, 0) is 17.9 Å². The van der Waals surface area contributed by atoms with Crippen molar-refractivity contribution in [2.24, 2.45) is 0 Å². The van der Waals surface area contributed by atoms with Crippen molar-refractivity contribution in [3.63, 3.8) is 0 Å². The number of amides is 2. The van der Waals surface area contributed by atoms with Gasteiger partial charge in [0.2, 0.25) is 0 Å². The van der Waals surface area contributed by atoms with Crippen molar-refractivity contribution < 1.29 is 14.7 Å². The normalized spacial score (nSPS) is 10.2. The Bertz CT molecular complexity index is 620. The molecule has 5 heteroatoms. The molecule has 0 saturated carbocycles. The van der Waals surface area contributed by atoms with Crippen LogP contribution in [0.2, 0.25) is 0 Å². The summed E-state index contributed by atoms with van der Waals surface area (Å²) >= 11 is 0. The molecule has 0 spiro atoms. The van der Waals surface area contributed by atoms with Crippen molar-refractivity contribution in [3.05, 3.63) is 42.5 Å². The van der Waals surface area contributed by atoms with Crippen molar-refractivity contribution in [1.29, 1.82) is 0 Å². The molecule has 0 aliphatic heterocycles. The lowest BCUT2D eigenvalue weighted by atomic mass is 10.1. The minimum Gasteiger partial charge on any atom is -0.396 e. The molecule has 2 aromatic rings. The lowest BCUT2D eigenvalue weighted by Crippen LogP contribution is -2.36. The molecule has 0 heterocycles. The maximum absolute atomic E-state index is 11.8. The SMILES string of the molecule is O=C(NCCCO)C(=O)Nc1cccc2ccccc12. The second-order valence-electron chi connectivity index (χ2n) is 4.31. The number of hydrogen-bond donors (Lipinski definition) is 3. The predicted molar refractivity (Wildman–Crippen MR) is 77.3 cm³/mol. The zero-order chi connectivity index (χ0) is 14.4. The minimum absolute atomic E-state index is 0.0226. The van der Waals surface area contributed by atoms with Gasteiger partial charge in [0.15, 0.2) is 0 Å². The highest BCUT2D eigenvalue weighted by Crippen LogP contribution is 2.22. The van der Waals surface area contributed by atoms with E-state index in [4.69, 9.17) is 5.11 Å². The van der Waals surface area contributed by atoms with E-state index in [1.807, 2.05) is 36.4 Å². The summed E-state index contributed by atoms with van der Waals surface area (Å²) in [6.07, 6.45) is 0.424. The lowest BCUT2D eigenvalue weighted by molar-refractivity contribution is -0.136. The van der Waals surface area contributed by atoms with Gasteiger partial charge in [-0.25, -0.2) is 0 Å². The Morgan fingerprint density at radius 3 is 2.55 bits per heavy atom. The van der Waals surface area contributed by atoms with Crippen LogP contribution >= 0.6 is 0 Å². The highest BCUT2D eigenvalue weighted by molar-refractivity contribution is 6.40. The molecule has 0 atom stereocenters. The summed E-state index contributed by atoms with van der Waals surface area (Å²) in [7, 11) is 0. The van der Waals surface area contributed by atoms with Gasteiger partial charge in [0.1, 0.15) is 0 Å². The van der Waals surface area contributed by atoms with Crippen LogP contribution in [-0.4, -0.2) is 30.1 Å². The predicted octanol–water partition coefficient (Wildman–Crippen LogP) is 1.28. The third-order valence-corrected chi connectivity index (χ3v) is 2.86. The van der Waals surface area contributed by atoms with E-state index in [1.54, 1.807) is 6.07 Å². The third kappa shape index (κ3) is 3.33. The summed E-state index contributed by atoms with van der Waals surface area (Å²) in [6.45, 7) is 0.253. The number of aliphatic hydroxyl groups excluding tert-OH is 1. The van der Waals surface area contributed by atoms with Gasteiger partial charge in [-0.1, -0.05) is 36.4 Å². The van der Waals surface area contributed by atoms with Gasteiger partial charge in [0, 0.05) is 24.2 Å². The summed E-state index contributed by atoms with van der Waals surface area (Å²) in [6, 6.07) is 13.1. The van der Waals surface area contributed by atoms with Gasteiger partial charge < -0.3 is 15.7 Å². The molecule has 0 saturated heterocycles. The smallest absolute Gasteiger partial charge is 0.313 e. The number of benzene rings is 2. The first kappa shape index (κ1) is 14.0. The number of nitrogens with one attached hydrogen (secondary N) is 2. The quantitative estimate of drug-likeness (QED) is 0.579. The first-order valence-corrected chi connectivity index (χ1v) is 6.40. The molecule has 0 unspecified atom stereocenters. The van der Waals surface area contributed by atoms with Gasteiger partial charge >= 0.3 is 11.8 Å². The Kier molecular flexibility index (Phi) is 4.68. The molecule has 0 radical (unpaired) electrons. The van der Waals surface area contributed by atoms with Gasteiger partial charge in [0.25, 0.3) is 0 Å². The average molecular weight is 272 g/mol. The molecule has 2 amide bonds. The number of rotatable bonds is 4. The van der Waals surface area contributed by atoms with Crippen LogP contribution in [0, 0.1) is 0 Å². The highest BCUT2D eigenvalue weighted by atomic mass is 16.3. The summed E-state index contributed by atoms with van der Waals surface area (Å²) < 4.78 is 0. The van der Waals surface area contributed by atoms with E-state index in [2.05, 4.69) is 10.6 Å². The molecule has 2 rings (SSSR count). The Balaban J connectivity index is 2.08. The van der Waals surface area contributed by atoms with Gasteiger partial charge in [-0.15, -0.1) is 0 Å². The summed E-state index contributed by atoms with van der Waals surface area (Å²) in [5, 5.41) is 15.5. The zero-order valence-corrected chi connectivity index (χ0v) is 10.9. The lowest BCUT2D eigenvalue weighted by Gasteiger charge is -2.08. The van der Waals surface area contributed by atoms with E-state index in [9.17, 15) is 9.59 Å². The monoisotopic (exact) mass is 272 g/mol. The van der Waals surface area contributed by atoms with E-state index >= 15 is 0 Å². The van der Waals surface area contributed by atoms with Crippen LogP contribution in [0.4, 0.5) is 5.69 Å². The van der Waals surface area contributed by atoms with Crippen molar-refractivity contribution in [3.8, 4) is 0 Å². The second-order valence-corrected chi connectivity index (χ2v) is 4.31. The van der Waals surface area contributed by atoms with Crippen molar-refractivity contribution >= 4 is 28.3 Å². The molecular formula is C15H16N2O3. The fourth-order valence-electron chi connectivity index (χ4n) is 1.87. The molecule has 0 aliphatic carbocycles. The molecule has 20 heavy (non-hydrogen) atoms. The maximum atomic E-state index is 11.8. The van der Waals surface area contributed by atoms with E-state index in [0.29, 0.717) is 12.1 Å². The molecule has 0 fully saturated rings. The fraction of sp³-hybridized carbons (Fsp3) is 0.200. The van der Waals surface area contributed by atoms with E-state index in [1.165, 1.54) is 0 Å². The Morgan fingerprint density at radius 2 is 1.75 bits per heavy atom. The Morgan fingerprint density at radius 1 is 1.00 bits per heavy atom. The van der Waals surface area contributed by atoms with Crippen LogP contribution in [0.5, 0.6) is 0 Å². The number of hydrogen-bond acceptors (Lipinski definition) is 3. The first-order chi connectivity index (χ1) is 9.72. The molecule has 104 valence electrons. The Hall–Kier alpha value is -2.40. The maximum Gasteiger partial charge on any atom is 0.313 e. The molecule has 2 aromatic carbocycles. The number of aliphatic hydroxyl groups is 1. The Labute approximate surface area is 116 Å². The van der Waals surface area contributed by atoms with Gasteiger partial charge in [0.05, 0.1) is 0 Å². The topological polar surface area (TPSA) is 78.4 Å². The van der Waals surface area contributed by atoms with Gasteiger partial charge in [-0.2, -0.15) is 0 Å². The number of anilines is 1.